The number of aryl methyl sites for hydroxylation is 1. The lowest BCUT2D eigenvalue weighted by atomic mass is 10.1. The maximum Gasteiger partial charge on any atom is 0.342 e. The lowest BCUT2D eigenvalue weighted by Crippen LogP contribution is -2.31. The van der Waals surface area contributed by atoms with Crippen molar-refractivity contribution in [2.75, 3.05) is 5.32 Å². The van der Waals surface area contributed by atoms with Crippen molar-refractivity contribution in [3.05, 3.63) is 89.6 Å². The Bertz CT molecular complexity index is 1380. The number of hydrogen-bond donors (Lipinski definition) is 1. The summed E-state index contributed by atoms with van der Waals surface area (Å²) >= 11 is 0. The third-order valence-corrected chi connectivity index (χ3v) is 5.16. The van der Waals surface area contributed by atoms with Crippen LogP contribution in [0.4, 0.5) is 10.5 Å². The summed E-state index contributed by atoms with van der Waals surface area (Å²) in [6, 6.07) is 14.5. The van der Waals surface area contributed by atoms with E-state index < -0.39 is 0 Å². The average Bonchev–Trinajstić information content (AvgIpc) is 3.47. The van der Waals surface area contributed by atoms with E-state index in [0.29, 0.717) is 17.8 Å². The van der Waals surface area contributed by atoms with Crippen LogP contribution < -0.4 is 5.32 Å². The van der Waals surface area contributed by atoms with Crippen LogP contribution in [-0.4, -0.2) is 36.8 Å². The van der Waals surface area contributed by atoms with E-state index in [1.165, 1.54) is 5.01 Å². The van der Waals surface area contributed by atoms with E-state index >= 15 is 0 Å². The minimum Gasteiger partial charge on any atom is -0.306 e. The Morgan fingerprint density at radius 2 is 2.03 bits per heavy atom. The van der Waals surface area contributed by atoms with Crippen LogP contribution >= 0.6 is 0 Å². The summed E-state index contributed by atoms with van der Waals surface area (Å²) < 4.78 is 1.69. The molecule has 1 N–H and O–H groups in total. The summed E-state index contributed by atoms with van der Waals surface area (Å²) in [7, 11) is 0. The van der Waals surface area contributed by atoms with E-state index in [1.54, 1.807) is 29.3 Å². The number of hydrogen-bond acceptors (Lipinski definition) is 5. The van der Waals surface area contributed by atoms with Gasteiger partial charge in [0.15, 0.2) is 5.65 Å². The molecule has 1 unspecified atom stereocenters. The van der Waals surface area contributed by atoms with Gasteiger partial charge in [0.2, 0.25) is 0 Å². The van der Waals surface area contributed by atoms with Gasteiger partial charge in [0.05, 0.1) is 11.9 Å². The molecule has 0 saturated heterocycles. The second-order valence-electron chi connectivity index (χ2n) is 7.30. The number of carbonyl (C=O) groups is 1. The van der Waals surface area contributed by atoms with Crippen LogP contribution in [0.5, 0.6) is 0 Å². The highest BCUT2D eigenvalue weighted by atomic mass is 16.2. The Hall–Kier alpha value is -4.51. The quantitative estimate of drug-likeness (QED) is 0.499. The Morgan fingerprint density at radius 3 is 2.91 bits per heavy atom. The van der Waals surface area contributed by atoms with Crippen molar-refractivity contribution in [3.63, 3.8) is 0 Å². The van der Waals surface area contributed by atoms with Gasteiger partial charge in [0.25, 0.3) is 0 Å². The number of benzene rings is 1. The van der Waals surface area contributed by atoms with Gasteiger partial charge in [-0.3, -0.25) is 4.98 Å². The Labute approximate surface area is 184 Å². The number of fused-ring (bicyclic) bond motifs is 1. The Morgan fingerprint density at radius 1 is 1.09 bits per heavy atom. The van der Waals surface area contributed by atoms with Gasteiger partial charge in [0.1, 0.15) is 11.7 Å². The highest BCUT2D eigenvalue weighted by molar-refractivity contribution is 5.91. The average molecular weight is 421 g/mol. The minimum absolute atomic E-state index is 0.219. The van der Waals surface area contributed by atoms with Crippen molar-refractivity contribution in [2.45, 2.75) is 19.4 Å². The molecule has 2 amide bonds. The summed E-state index contributed by atoms with van der Waals surface area (Å²) in [5.41, 5.74) is 4.69. The summed E-state index contributed by atoms with van der Waals surface area (Å²) in [5, 5.41) is 12.9. The first kappa shape index (κ1) is 19.5. The van der Waals surface area contributed by atoms with E-state index in [2.05, 4.69) is 37.3 Å². The summed E-state index contributed by atoms with van der Waals surface area (Å²) in [5.74, 6) is 6.29. The zero-order valence-corrected chi connectivity index (χ0v) is 17.3. The first-order valence-corrected chi connectivity index (χ1v) is 10.1. The SMILES string of the molecule is Cc1ccc(NC(=O)N2N=CCC2c2ccccn2)cc1C#Cc1cnc2cccnn12. The van der Waals surface area contributed by atoms with Crippen LogP contribution in [0.3, 0.4) is 0 Å². The zero-order valence-electron chi connectivity index (χ0n) is 17.3. The van der Waals surface area contributed by atoms with Gasteiger partial charge in [-0.1, -0.05) is 18.1 Å². The smallest absolute Gasteiger partial charge is 0.306 e. The second-order valence-corrected chi connectivity index (χ2v) is 7.30. The fraction of sp³-hybridized carbons (Fsp3) is 0.125. The fourth-order valence-corrected chi connectivity index (χ4v) is 3.49. The molecule has 0 spiro atoms. The molecule has 0 fully saturated rings. The monoisotopic (exact) mass is 421 g/mol. The standard InChI is InChI=1S/C24H19N7O/c1-17-7-9-19(15-18(17)8-10-20-16-26-23-6-4-13-27-30(20)23)29-24(32)31-22(11-14-28-31)21-5-2-3-12-25-21/h2-7,9,12-16,22H,11H2,1H3,(H,29,32). The summed E-state index contributed by atoms with van der Waals surface area (Å²) in [6.45, 7) is 1.98. The molecule has 1 atom stereocenters. The van der Waals surface area contributed by atoms with Crippen LogP contribution in [-0.2, 0) is 0 Å². The maximum atomic E-state index is 12.9. The van der Waals surface area contributed by atoms with E-state index in [-0.39, 0.29) is 12.1 Å². The number of nitrogens with one attached hydrogen (secondary N) is 1. The van der Waals surface area contributed by atoms with Gasteiger partial charge in [0, 0.05) is 36.3 Å². The van der Waals surface area contributed by atoms with Gasteiger partial charge >= 0.3 is 6.03 Å². The Kier molecular flexibility index (Phi) is 5.06. The van der Waals surface area contributed by atoms with Crippen LogP contribution in [0.25, 0.3) is 5.65 Å². The number of rotatable bonds is 2. The fourth-order valence-electron chi connectivity index (χ4n) is 3.49. The zero-order chi connectivity index (χ0) is 21.9. The molecule has 32 heavy (non-hydrogen) atoms. The second kappa shape index (κ2) is 8.32. The highest BCUT2D eigenvalue weighted by Crippen LogP contribution is 2.27. The number of nitrogens with zero attached hydrogens (tertiary/aromatic N) is 6. The van der Waals surface area contributed by atoms with E-state index in [0.717, 1.165) is 22.5 Å². The van der Waals surface area contributed by atoms with Gasteiger partial charge in [-0.05, 0) is 54.8 Å². The van der Waals surface area contributed by atoms with E-state index in [4.69, 9.17) is 0 Å². The normalized spacial score (nSPS) is 14.9. The van der Waals surface area contributed by atoms with Gasteiger partial charge in [-0.25, -0.2) is 19.3 Å². The number of urea groups is 1. The first-order valence-electron chi connectivity index (χ1n) is 10.1. The van der Waals surface area contributed by atoms with Crippen molar-refractivity contribution >= 4 is 23.6 Å². The number of pyridine rings is 1. The lowest BCUT2D eigenvalue weighted by Gasteiger charge is -2.21. The van der Waals surface area contributed by atoms with Gasteiger partial charge in [-0.15, -0.1) is 0 Å². The third kappa shape index (κ3) is 3.79. The largest absolute Gasteiger partial charge is 0.342 e. The van der Waals surface area contributed by atoms with Crippen LogP contribution in [0.1, 0.15) is 35.0 Å². The predicted octanol–water partition coefficient (Wildman–Crippen LogP) is 3.80. The molecule has 1 aromatic carbocycles. The molecule has 8 nitrogen and oxygen atoms in total. The molecule has 4 heterocycles. The topological polar surface area (TPSA) is 87.8 Å². The van der Waals surface area contributed by atoms with E-state index in [9.17, 15) is 4.79 Å². The maximum absolute atomic E-state index is 12.9. The molecular weight excluding hydrogens is 402 g/mol. The molecule has 1 aliphatic heterocycles. The minimum atomic E-state index is -0.317. The molecule has 1 aliphatic rings. The predicted molar refractivity (Wildman–Crippen MR) is 121 cm³/mol. The summed E-state index contributed by atoms with van der Waals surface area (Å²) in [4.78, 5) is 21.6. The molecule has 8 heteroatoms. The molecule has 5 rings (SSSR count). The molecule has 3 aromatic heterocycles. The van der Waals surface area contributed by atoms with Crippen molar-refractivity contribution < 1.29 is 4.79 Å². The summed E-state index contributed by atoms with van der Waals surface area (Å²) in [6.07, 6.45) is 7.46. The van der Waals surface area contributed by atoms with Gasteiger partial charge in [-0.2, -0.15) is 10.2 Å². The van der Waals surface area contributed by atoms with Crippen molar-refractivity contribution in [3.8, 4) is 11.8 Å². The number of carbonyl (C=O) groups excluding carboxylic acids is 1. The van der Waals surface area contributed by atoms with Crippen LogP contribution in [0.15, 0.2) is 72.2 Å². The molecular formula is C24H19N7O. The van der Waals surface area contributed by atoms with Crippen LogP contribution in [0.2, 0.25) is 0 Å². The van der Waals surface area contributed by atoms with Crippen molar-refractivity contribution in [2.24, 2.45) is 5.10 Å². The van der Waals surface area contributed by atoms with E-state index in [1.807, 2.05) is 55.5 Å². The Balaban J connectivity index is 1.36. The highest BCUT2D eigenvalue weighted by Gasteiger charge is 2.29. The van der Waals surface area contributed by atoms with Crippen LogP contribution in [0, 0.1) is 18.8 Å². The third-order valence-electron chi connectivity index (χ3n) is 5.16. The molecule has 0 saturated carbocycles. The number of anilines is 1. The molecule has 0 bridgehead atoms. The number of amides is 2. The number of hydrazone groups is 1. The molecule has 0 radical (unpaired) electrons. The molecule has 4 aromatic rings. The number of imidazole rings is 1. The van der Waals surface area contributed by atoms with Crippen molar-refractivity contribution in [1.82, 2.24) is 24.6 Å². The van der Waals surface area contributed by atoms with Gasteiger partial charge < -0.3 is 5.32 Å². The molecule has 156 valence electrons. The number of aromatic nitrogens is 4. The van der Waals surface area contributed by atoms with Crippen molar-refractivity contribution in [1.29, 1.82) is 0 Å². The lowest BCUT2D eigenvalue weighted by molar-refractivity contribution is 0.199. The first-order chi connectivity index (χ1) is 15.7. The molecule has 0 aliphatic carbocycles.